The summed E-state index contributed by atoms with van der Waals surface area (Å²) in [5.41, 5.74) is 0.435. The number of carbonyl (C=O) groups is 2. The second-order valence-corrected chi connectivity index (χ2v) is 5.02. The van der Waals surface area contributed by atoms with Crippen LogP contribution >= 0.6 is 0 Å². The molecule has 1 aromatic carbocycles. The van der Waals surface area contributed by atoms with Crippen molar-refractivity contribution in [2.75, 3.05) is 7.05 Å². The topological polar surface area (TPSA) is 92.0 Å². The molecule has 7 heteroatoms. The van der Waals surface area contributed by atoms with Gasteiger partial charge in [0.15, 0.2) is 5.43 Å². The largest absolute Gasteiger partial charge is 0.456 e. The van der Waals surface area contributed by atoms with Gasteiger partial charge in [-0.15, -0.1) is 0 Å². The van der Waals surface area contributed by atoms with Gasteiger partial charge in [0.05, 0.1) is 5.39 Å². The number of carbonyl (C=O) groups excluding carboxylic acids is 2. The second-order valence-electron chi connectivity index (χ2n) is 5.02. The van der Waals surface area contributed by atoms with E-state index in [2.05, 4.69) is 10.3 Å². The van der Waals surface area contributed by atoms with E-state index in [0.717, 1.165) is 0 Å². The van der Waals surface area contributed by atoms with E-state index in [1.165, 1.54) is 24.0 Å². The molecule has 0 fully saturated rings. The third-order valence-corrected chi connectivity index (χ3v) is 3.33. The summed E-state index contributed by atoms with van der Waals surface area (Å²) in [5.74, 6) is -0.478. The second kappa shape index (κ2) is 5.53. The molecule has 1 N–H and O–H groups in total. The minimum Gasteiger partial charge on any atom is -0.456 e. The Morgan fingerprint density at radius 1 is 1.30 bits per heavy atom. The van der Waals surface area contributed by atoms with Gasteiger partial charge in [-0.2, -0.15) is 4.99 Å². The minimum atomic E-state index is -0.521. The number of guanidine groups is 1. The predicted molar refractivity (Wildman–Crippen MR) is 84.5 cm³/mol. The van der Waals surface area contributed by atoms with Gasteiger partial charge in [-0.1, -0.05) is 12.1 Å². The first-order valence-corrected chi connectivity index (χ1v) is 6.84. The van der Waals surface area contributed by atoms with Crippen molar-refractivity contribution in [2.45, 2.75) is 6.92 Å². The number of benzene rings is 1. The van der Waals surface area contributed by atoms with Crippen LogP contribution in [0.25, 0.3) is 17.0 Å². The number of fused-ring (bicyclic) bond motifs is 1. The number of amides is 2. The van der Waals surface area contributed by atoms with Crippen LogP contribution in [0, 0.1) is 0 Å². The number of aliphatic imine (C=N–C) groups is 1. The van der Waals surface area contributed by atoms with E-state index in [-0.39, 0.29) is 28.8 Å². The van der Waals surface area contributed by atoms with Crippen molar-refractivity contribution in [3.63, 3.8) is 0 Å². The molecule has 0 unspecified atom stereocenters. The zero-order valence-electron chi connectivity index (χ0n) is 12.5. The Morgan fingerprint density at radius 3 is 2.78 bits per heavy atom. The lowest BCUT2D eigenvalue weighted by molar-refractivity contribution is -0.117. The first-order valence-electron chi connectivity index (χ1n) is 6.84. The highest BCUT2D eigenvalue weighted by Crippen LogP contribution is 2.18. The zero-order chi connectivity index (χ0) is 16.6. The summed E-state index contributed by atoms with van der Waals surface area (Å²) < 4.78 is 5.62. The Balaban J connectivity index is 2.01. The number of rotatable bonds is 1. The standard InChI is InChI=1S/C16H13N3O4/c1-9(20)17-16-18-15(22)12(19(16)2)7-10-8-13(21)11-5-3-4-6-14(11)23-10/h3-8H,1-2H3,(H,17,18,20,22). The quantitative estimate of drug-likeness (QED) is 0.796. The molecule has 0 aliphatic carbocycles. The molecule has 3 rings (SSSR count). The number of nitrogens with one attached hydrogen (secondary N) is 1. The van der Waals surface area contributed by atoms with Crippen molar-refractivity contribution < 1.29 is 14.0 Å². The molecule has 23 heavy (non-hydrogen) atoms. The maximum atomic E-state index is 12.1. The third kappa shape index (κ3) is 2.76. The molecule has 0 bridgehead atoms. The molecule has 2 amide bonds. The highest BCUT2D eigenvalue weighted by atomic mass is 16.3. The number of para-hydroxylation sites is 1. The van der Waals surface area contributed by atoms with Crippen LogP contribution in [-0.4, -0.2) is 29.7 Å². The molecule has 2 heterocycles. The molecule has 0 saturated carbocycles. The Kier molecular flexibility index (Phi) is 3.53. The monoisotopic (exact) mass is 311 g/mol. The van der Waals surface area contributed by atoms with Crippen LogP contribution in [0.2, 0.25) is 0 Å². The molecule has 0 spiro atoms. The van der Waals surface area contributed by atoms with Gasteiger partial charge in [-0.25, -0.2) is 0 Å². The highest BCUT2D eigenvalue weighted by molar-refractivity contribution is 6.15. The fraction of sp³-hybridized carbons (Fsp3) is 0.125. The summed E-state index contributed by atoms with van der Waals surface area (Å²) in [6.07, 6.45) is 1.43. The molecule has 7 nitrogen and oxygen atoms in total. The molecule has 1 aromatic heterocycles. The van der Waals surface area contributed by atoms with Crippen molar-refractivity contribution in [2.24, 2.45) is 4.99 Å². The maximum Gasteiger partial charge on any atom is 0.297 e. The lowest BCUT2D eigenvalue weighted by Gasteiger charge is -2.14. The van der Waals surface area contributed by atoms with Crippen LogP contribution in [-0.2, 0) is 9.59 Å². The normalized spacial score (nSPS) is 16.1. The van der Waals surface area contributed by atoms with Gasteiger partial charge in [0, 0.05) is 26.1 Å². The van der Waals surface area contributed by atoms with Gasteiger partial charge in [0.1, 0.15) is 17.0 Å². The zero-order valence-corrected chi connectivity index (χ0v) is 12.5. The summed E-state index contributed by atoms with van der Waals surface area (Å²) in [7, 11) is 1.59. The van der Waals surface area contributed by atoms with Gasteiger partial charge in [-0.3, -0.25) is 19.7 Å². The molecular weight excluding hydrogens is 298 g/mol. The van der Waals surface area contributed by atoms with Gasteiger partial charge in [-0.05, 0) is 12.1 Å². The Morgan fingerprint density at radius 2 is 2.04 bits per heavy atom. The van der Waals surface area contributed by atoms with Gasteiger partial charge < -0.3 is 9.32 Å². The van der Waals surface area contributed by atoms with E-state index < -0.39 is 5.91 Å². The number of nitrogens with zero attached hydrogens (tertiary/aromatic N) is 2. The summed E-state index contributed by atoms with van der Waals surface area (Å²) in [6, 6.07) is 8.17. The van der Waals surface area contributed by atoms with Crippen molar-refractivity contribution in [3.05, 3.63) is 52.0 Å². The van der Waals surface area contributed by atoms with Gasteiger partial charge in [0.2, 0.25) is 11.9 Å². The predicted octanol–water partition coefficient (Wildman–Crippen LogP) is 1.10. The number of hydrogen-bond donors (Lipinski definition) is 1. The lowest BCUT2D eigenvalue weighted by atomic mass is 10.2. The first kappa shape index (κ1) is 14.7. The summed E-state index contributed by atoms with van der Waals surface area (Å²) in [5, 5.41) is 2.93. The average molecular weight is 311 g/mol. The van der Waals surface area contributed by atoms with E-state index in [4.69, 9.17) is 4.42 Å². The molecule has 0 radical (unpaired) electrons. The fourth-order valence-corrected chi connectivity index (χ4v) is 2.24. The number of hydrogen-bond acceptors (Lipinski definition) is 5. The van der Waals surface area contributed by atoms with Crippen LogP contribution in [0.15, 0.2) is 50.2 Å². The van der Waals surface area contributed by atoms with E-state index in [9.17, 15) is 14.4 Å². The van der Waals surface area contributed by atoms with E-state index in [0.29, 0.717) is 11.0 Å². The number of likely N-dealkylation sites (N-methyl/N-ethyl adjacent to an activating group) is 1. The van der Waals surface area contributed by atoms with Gasteiger partial charge in [0.25, 0.3) is 5.91 Å². The smallest absolute Gasteiger partial charge is 0.297 e. The lowest BCUT2D eigenvalue weighted by Crippen LogP contribution is -2.37. The van der Waals surface area contributed by atoms with E-state index in [1.54, 1.807) is 31.3 Å². The molecule has 1 aliphatic rings. The Hall–Kier alpha value is -3.22. The molecule has 2 aromatic rings. The first-order chi connectivity index (χ1) is 11.0. The van der Waals surface area contributed by atoms with Crippen molar-refractivity contribution in [3.8, 4) is 0 Å². The van der Waals surface area contributed by atoms with Crippen LogP contribution in [0.5, 0.6) is 0 Å². The molecular formula is C16H13N3O4. The highest BCUT2D eigenvalue weighted by Gasteiger charge is 2.27. The van der Waals surface area contributed by atoms with E-state index >= 15 is 0 Å². The van der Waals surface area contributed by atoms with Crippen molar-refractivity contribution in [1.29, 1.82) is 0 Å². The van der Waals surface area contributed by atoms with Crippen LogP contribution in [0.4, 0.5) is 0 Å². The molecule has 0 saturated heterocycles. The van der Waals surface area contributed by atoms with E-state index in [1.807, 2.05) is 0 Å². The van der Waals surface area contributed by atoms with Crippen LogP contribution in [0.3, 0.4) is 0 Å². The van der Waals surface area contributed by atoms with Crippen LogP contribution < -0.4 is 10.7 Å². The molecule has 0 atom stereocenters. The summed E-state index contributed by atoms with van der Waals surface area (Å²) in [6.45, 7) is 1.32. The van der Waals surface area contributed by atoms with Gasteiger partial charge >= 0.3 is 0 Å². The average Bonchev–Trinajstić information content (AvgIpc) is 2.74. The van der Waals surface area contributed by atoms with Crippen LogP contribution in [0.1, 0.15) is 12.7 Å². The molecule has 1 aliphatic heterocycles. The maximum absolute atomic E-state index is 12.1. The molecule has 116 valence electrons. The third-order valence-electron chi connectivity index (χ3n) is 3.33. The SMILES string of the molecule is CC(=O)NC1=NC(=O)C(=Cc2cc(=O)c3ccccc3o2)N1C. The summed E-state index contributed by atoms with van der Waals surface area (Å²) in [4.78, 5) is 40.3. The van der Waals surface area contributed by atoms with Crippen molar-refractivity contribution in [1.82, 2.24) is 10.2 Å². The minimum absolute atomic E-state index is 0.136. The fourth-order valence-electron chi connectivity index (χ4n) is 2.24. The Bertz CT molecular complexity index is 940. The summed E-state index contributed by atoms with van der Waals surface area (Å²) >= 11 is 0. The van der Waals surface area contributed by atoms with Crippen molar-refractivity contribution >= 4 is 34.8 Å². The Labute approximate surface area is 130 Å².